The fourth-order valence-electron chi connectivity index (χ4n) is 3.33. The minimum absolute atomic E-state index is 0.164. The highest BCUT2D eigenvalue weighted by molar-refractivity contribution is 5.61. The van der Waals surface area contributed by atoms with Crippen LogP contribution in [0, 0.1) is 6.92 Å². The third kappa shape index (κ3) is 3.48. The maximum absolute atomic E-state index is 12.3. The Balaban J connectivity index is 1.60. The Bertz CT molecular complexity index is 971. The summed E-state index contributed by atoms with van der Waals surface area (Å²) in [6.45, 7) is 9.12. The van der Waals surface area contributed by atoms with Gasteiger partial charge >= 0.3 is 0 Å². The number of likely N-dealkylation sites (N-methyl/N-ethyl adjacent to an activating group) is 1. The highest BCUT2D eigenvalue weighted by atomic mass is 16.1. The van der Waals surface area contributed by atoms with Crippen LogP contribution in [0.4, 0.5) is 5.95 Å². The van der Waals surface area contributed by atoms with Crippen LogP contribution >= 0.6 is 0 Å². The van der Waals surface area contributed by atoms with Crippen LogP contribution in [-0.4, -0.2) is 62.4 Å². The van der Waals surface area contributed by atoms with Gasteiger partial charge in [0.1, 0.15) is 0 Å². The van der Waals surface area contributed by atoms with Crippen LogP contribution in [0.25, 0.3) is 17.1 Å². The molecule has 0 radical (unpaired) electrons. The molecule has 1 N–H and O–H groups in total. The number of H-pyrrole nitrogens is 1. The normalized spacial score (nSPS) is 15.3. The van der Waals surface area contributed by atoms with Crippen molar-refractivity contribution in [2.24, 2.45) is 0 Å². The zero-order valence-electron chi connectivity index (χ0n) is 15.6. The average Bonchev–Trinajstić information content (AvgIpc) is 3.10. The molecule has 3 aromatic heterocycles. The van der Waals surface area contributed by atoms with Gasteiger partial charge in [-0.15, -0.1) is 0 Å². The average molecular weight is 365 g/mol. The smallest absolute Gasteiger partial charge is 0.273 e. The first-order valence-corrected chi connectivity index (χ1v) is 9.20. The molecule has 0 aliphatic carbocycles. The number of aryl methyl sites for hydroxylation is 1. The standard InChI is InChI=1S/C19H23N7O/c1-3-24-8-10-25(11-9-24)19-21-13-15(14(2)22-19)16-12-18(27)26(23-16)17-6-4-5-7-20-17/h4-7,12-13,23H,3,8-11H2,1-2H3. The molecule has 4 heterocycles. The molecule has 0 atom stereocenters. The van der Waals surface area contributed by atoms with Crippen molar-refractivity contribution in [3.05, 3.63) is 52.7 Å². The van der Waals surface area contributed by atoms with Crippen LogP contribution in [0.2, 0.25) is 0 Å². The summed E-state index contributed by atoms with van der Waals surface area (Å²) in [6, 6.07) is 7.00. The zero-order chi connectivity index (χ0) is 18.8. The molecule has 27 heavy (non-hydrogen) atoms. The van der Waals surface area contributed by atoms with Crippen molar-refractivity contribution in [3.63, 3.8) is 0 Å². The third-order valence-corrected chi connectivity index (χ3v) is 4.96. The molecule has 1 fully saturated rings. The van der Waals surface area contributed by atoms with Crippen molar-refractivity contribution >= 4 is 5.95 Å². The van der Waals surface area contributed by atoms with E-state index < -0.39 is 0 Å². The van der Waals surface area contributed by atoms with Crippen LogP contribution in [0.1, 0.15) is 12.6 Å². The van der Waals surface area contributed by atoms with Gasteiger partial charge < -0.3 is 9.80 Å². The number of nitrogens with zero attached hydrogens (tertiary/aromatic N) is 6. The summed E-state index contributed by atoms with van der Waals surface area (Å²) in [5, 5.41) is 3.11. The van der Waals surface area contributed by atoms with Crippen LogP contribution < -0.4 is 10.5 Å². The van der Waals surface area contributed by atoms with Crippen molar-refractivity contribution in [2.45, 2.75) is 13.8 Å². The molecule has 1 aliphatic heterocycles. The van der Waals surface area contributed by atoms with E-state index in [1.807, 2.05) is 19.1 Å². The molecule has 1 saturated heterocycles. The molecule has 0 spiro atoms. The summed E-state index contributed by atoms with van der Waals surface area (Å²) in [7, 11) is 0. The predicted octanol–water partition coefficient (Wildman–Crippen LogP) is 1.47. The summed E-state index contributed by atoms with van der Waals surface area (Å²) in [5.74, 6) is 1.30. The second kappa shape index (κ2) is 7.32. The lowest BCUT2D eigenvalue weighted by Gasteiger charge is -2.34. The van der Waals surface area contributed by atoms with Gasteiger partial charge in [0, 0.05) is 50.2 Å². The topological polar surface area (TPSA) is 82.9 Å². The maximum Gasteiger partial charge on any atom is 0.273 e. The first-order chi connectivity index (χ1) is 13.2. The second-order valence-electron chi connectivity index (χ2n) is 6.62. The molecule has 8 heteroatoms. The number of piperazine rings is 1. The summed E-state index contributed by atoms with van der Waals surface area (Å²) in [6.07, 6.45) is 3.45. The molecule has 140 valence electrons. The summed E-state index contributed by atoms with van der Waals surface area (Å²) in [5.41, 5.74) is 2.18. The lowest BCUT2D eigenvalue weighted by molar-refractivity contribution is 0.270. The predicted molar refractivity (Wildman–Crippen MR) is 104 cm³/mol. The number of pyridine rings is 1. The van der Waals surface area contributed by atoms with E-state index in [1.54, 1.807) is 24.5 Å². The Kier molecular flexibility index (Phi) is 4.72. The monoisotopic (exact) mass is 365 g/mol. The lowest BCUT2D eigenvalue weighted by atomic mass is 10.2. The number of nitrogens with one attached hydrogen (secondary N) is 1. The molecule has 0 bridgehead atoms. The van der Waals surface area contributed by atoms with Crippen LogP contribution in [0.5, 0.6) is 0 Å². The number of hydrogen-bond donors (Lipinski definition) is 1. The Morgan fingerprint density at radius 2 is 1.96 bits per heavy atom. The van der Waals surface area contributed by atoms with Gasteiger partial charge in [0.15, 0.2) is 5.82 Å². The van der Waals surface area contributed by atoms with Crippen LogP contribution in [-0.2, 0) is 0 Å². The summed E-state index contributed by atoms with van der Waals surface area (Å²) < 4.78 is 1.42. The van der Waals surface area contributed by atoms with Gasteiger partial charge in [-0.3, -0.25) is 9.89 Å². The molecule has 3 aromatic rings. The molecule has 8 nitrogen and oxygen atoms in total. The molecule has 1 aliphatic rings. The SMILES string of the molecule is CCN1CCN(c2ncc(-c3cc(=O)n(-c4ccccn4)[nH]3)c(C)n2)CC1. The highest BCUT2D eigenvalue weighted by Gasteiger charge is 2.19. The third-order valence-electron chi connectivity index (χ3n) is 4.96. The van der Waals surface area contributed by atoms with E-state index in [1.165, 1.54) is 4.68 Å². The Labute approximate surface area is 157 Å². The minimum atomic E-state index is -0.164. The van der Waals surface area contributed by atoms with E-state index in [0.29, 0.717) is 11.5 Å². The quantitative estimate of drug-likeness (QED) is 0.754. The van der Waals surface area contributed by atoms with Gasteiger partial charge in [0.25, 0.3) is 5.56 Å². The van der Waals surface area contributed by atoms with E-state index in [-0.39, 0.29) is 5.56 Å². The van der Waals surface area contributed by atoms with Crippen molar-refractivity contribution in [3.8, 4) is 17.1 Å². The van der Waals surface area contributed by atoms with E-state index in [9.17, 15) is 4.79 Å². The zero-order valence-corrected chi connectivity index (χ0v) is 15.6. The van der Waals surface area contributed by atoms with E-state index in [4.69, 9.17) is 0 Å². The van der Waals surface area contributed by atoms with Gasteiger partial charge in [-0.2, -0.15) is 0 Å². The molecule has 0 unspecified atom stereocenters. The van der Waals surface area contributed by atoms with Gasteiger partial charge in [0.2, 0.25) is 5.95 Å². The highest BCUT2D eigenvalue weighted by Crippen LogP contribution is 2.21. The Hall–Kier alpha value is -3.00. The molecule has 4 rings (SSSR count). The van der Waals surface area contributed by atoms with E-state index in [0.717, 1.165) is 49.9 Å². The van der Waals surface area contributed by atoms with Crippen LogP contribution in [0.3, 0.4) is 0 Å². The molecule has 0 aromatic carbocycles. The maximum atomic E-state index is 12.3. The van der Waals surface area contributed by atoms with E-state index >= 15 is 0 Å². The van der Waals surface area contributed by atoms with Crippen molar-refractivity contribution in [1.82, 2.24) is 29.6 Å². The fourth-order valence-corrected chi connectivity index (χ4v) is 3.33. The summed E-state index contributed by atoms with van der Waals surface area (Å²) in [4.78, 5) is 30.4. The molecular formula is C19H23N7O. The van der Waals surface area contributed by atoms with Gasteiger partial charge in [-0.25, -0.2) is 19.6 Å². The first-order valence-electron chi connectivity index (χ1n) is 9.20. The lowest BCUT2D eigenvalue weighted by Crippen LogP contribution is -2.46. The van der Waals surface area contributed by atoms with Crippen molar-refractivity contribution in [1.29, 1.82) is 0 Å². The summed E-state index contributed by atoms with van der Waals surface area (Å²) >= 11 is 0. The molecular weight excluding hydrogens is 342 g/mol. The number of hydrogen-bond acceptors (Lipinski definition) is 6. The Morgan fingerprint density at radius 3 is 2.63 bits per heavy atom. The molecule has 0 saturated carbocycles. The number of aromatic amines is 1. The fraction of sp³-hybridized carbons (Fsp3) is 0.368. The Morgan fingerprint density at radius 1 is 1.15 bits per heavy atom. The van der Waals surface area contributed by atoms with Crippen molar-refractivity contribution < 1.29 is 0 Å². The van der Waals surface area contributed by atoms with Crippen LogP contribution in [0.15, 0.2) is 41.5 Å². The largest absolute Gasteiger partial charge is 0.338 e. The van der Waals surface area contributed by atoms with Crippen molar-refractivity contribution in [2.75, 3.05) is 37.6 Å². The first kappa shape index (κ1) is 17.4. The van der Waals surface area contributed by atoms with Gasteiger partial charge in [-0.05, 0) is 25.6 Å². The number of aromatic nitrogens is 5. The number of rotatable bonds is 4. The molecule has 0 amide bonds. The van der Waals surface area contributed by atoms with Gasteiger partial charge in [0.05, 0.1) is 11.4 Å². The second-order valence-corrected chi connectivity index (χ2v) is 6.62. The van der Waals surface area contributed by atoms with E-state index in [2.05, 4.69) is 36.8 Å². The van der Waals surface area contributed by atoms with Gasteiger partial charge in [-0.1, -0.05) is 13.0 Å². The number of anilines is 1. The minimum Gasteiger partial charge on any atom is -0.338 e.